The molecule has 90 valence electrons. The Morgan fingerprint density at radius 1 is 1.06 bits per heavy atom. The first-order valence-corrected chi connectivity index (χ1v) is 6.39. The van der Waals surface area contributed by atoms with Crippen LogP contribution in [0.25, 0.3) is 0 Å². The maximum absolute atomic E-state index is 3.66. The molecule has 0 saturated heterocycles. The lowest BCUT2D eigenvalue weighted by Crippen LogP contribution is -2.38. The third-order valence-electron chi connectivity index (χ3n) is 3.37. The Labute approximate surface area is 100 Å². The number of benzene rings is 1. The summed E-state index contributed by atoms with van der Waals surface area (Å²) in [6.07, 6.45) is 2.42. The summed E-state index contributed by atoms with van der Waals surface area (Å²) in [4.78, 5) is 0. The van der Waals surface area contributed by atoms with E-state index in [2.05, 4.69) is 63.3 Å². The number of rotatable bonds is 6. The molecule has 0 aliphatic heterocycles. The van der Waals surface area contributed by atoms with E-state index in [0.717, 1.165) is 6.54 Å². The van der Waals surface area contributed by atoms with Crippen molar-refractivity contribution in [3.63, 3.8) is 0 Å². The Morgan fingerprint density at radius 3 is 2.12 bits per heavy atom. The van der Waals surface area contributed by atoms with Crippen molar-refractivity contribution in [2.45, 2.75) is 52.0 Å². The van der Waals surface area contributed by atoms with Gasteiger partial charge in [0.25, 0.3) is 0 Å². The van der Waals surface area contributed by atoms with Gasteiger partial charge >= 0.3 is 0 Å². The van der Waals surface area contributed by atoms with Crippen molar-refractivity contribution in [1.82, 2.24) is 5.32 Å². The van der Waals surface area contributed by atoms with Gasteiger partial charge < -0.3 is 5.32 Å². The monoisotopic (exact) mass is 219 g/mol. The molecule has 1 aromatic carbocycles. The molecule has 0 saturated carbocycles. The van der Waals surface area contributed by atoms with E-state index in [9.17, 15) is 0 Å². The van der Waals surface area contributed by atoms with E-state index in [-0.39, 0.29) is 5.41 Å². The van der Waals surface area contributed by atoms with Gasteiger partial charge in [0, 0.05) is 18.0 Å². The smallest absolute Gasteiger partial charge is 0.00621 e. The van der Waals surface area contributed by atoms with Gasteiger partial charge in [0.2, 0.25) is 0 Å². The van der Waals surface area contributed by atoms with Crippen LogP contribution in [0.1, 0.15) is 46.1 Å². The lowest BCUT2D eigenvalue weighted by atomic mass is 9.84. The summed E-state index contributed by atoms with van der Waals surface area (Å²) < 4.78 is 0. The second kappa shape index (κ2) is 6.05. The summed E-state index contributed by atoms with van der Waals surface area (Å²) in [5.74, 6) is 0. The van der Waals surface area contributed by atoms with Crippen molar-refractivity contribution in [2.24, 2.45) is 0 Å². The largest absolute Gasteiger partial charge is 0.313 e. The minimum absolute atomic E-state index is 0.212. The third kappa shape index (κ3) is 3.64. The summed E-state index contributed by atoms with van der Waals surface area (Å²) in [7, 11) is 0. The first-order valence-electron chi connectivity index (χ1n) is 6.39. The van der Waals surface area contributed by atoms with Gasteiger partial charge in [-0.25, -0.2) is 0 Å². The average molecular weight is 219 g/mol. The minimum Gasteiger partial charge on any atom is -0.313 e. The fourth-order valence-electron chi connectivity index (χ4n) is 1.97. The molecular formula is C15H25N. The highest BCUT2D eigenvalue weighted by molar-refractivity contribution is 5.23. The molecule has 0 heterocycles. The quantitative estimate of drug-likeness (QED) is 0.768. The summed E-state index contributed by atoms with van der Waals surface area (Å²) in [6.45, 7) is 10.1. The third-order valence-corrected chi connectivity index (χ3v) is 3.37. The normalized spacial score (nSPS) is 12.1. The molecule has 0 fully saturated rings. The summed E-state index contributed by atoms with van der Waals surface area (Å²) >= 11 is 0. The van der Waals surface area contributed by atoms with Gasteiger partial charge in [0.1, 0.15) is 0 Å². The van der Waals surface area contributed by atoms with Gasteiger partial charge in [-0.15, -0.1) is 0 Å². The van der Waals surface area contributed by atoms with E-state index < -0.39 is 0 Å². The number of hydrogen-bond acceptors (Lipinski definition) is 1. The Morgan fingerprint density at radius 2 is 1.62 bits per heavy atom. The molecule has 0 spiro atoms. The highest BCUT2D eigenvalue weighted by Gasteiger charge is 2.20. The second-order valence-corrected chi connectivity index (χ2v) is 5.14. The van der Waals surface area contributed by atoms with Crippen LogP contribution >= 0.6 is 0 Å². The minimum atomic E-state index is 0.212. The van der Waals surface area contributed by atoms with Crippen molar-refractivity contribution in [1.29, 1.82) is 0 Å². The molecular weight excluding hydrogens is 194 g/mol. The maximum atomic E-state index is 3.66. The molecule has 0 atom stereocenters. The molecule has 0 radical (unpaired) electrons. The van der Waals surface area contributed by atoms with Crippen molar-refractivity contribution in [3.8, 4) is 0 Å². The molecule has 1 aromatic rings. The lowest BCUT2D eigenvalue weighted by Gasteiger charge is -2.28. The Kier molecular flexibility index (Phi) is 5.01. The van der Waals surface area contributed by atoms with Crippen LogP contribution in [-0.2, 0) is 5.41 Å². The predicted octanol–water partition coefficient (Wildman–Crippen LogP) is 3.74. The van der Waals surface area contributed by atoms with Gasteiger partial charge in [-0.1, -0.05) is 58.0 Å². The van der Waals surface area contributed by atoms with Gasteiger partial charge in [-0.2, -0.15) is 0 Å². The molecule has 1 nitrogen and oxygen atoms in total. The lowest BCUT2D eigenvalue weighted by molar-refractivity contribution is 0.403. The molecule has 1 N–H and O–H groups in total. The zero-order valence-corrected chi connectivity index (χ0v) is 11.1. The van der Waals surface area contributed by atoms with Gasteiger partial charge in [0.15, 0.2) is 0 Å². The summed E-state index contributed by atoms with van der Waals surface area (Å²) in [5, 5.41) is 3.66. The first-order chi connectivity index (χ1) is 7.60. The van der Waals surface area contributed by atoms with Crippen molar-refractivity contribution >= 4 is 0 Å². The van der Waals surface area contributed by atoms with Crippen LogP contribution in [-0.4, -0.2) is 12.6 Å². The molecule has 1 heteroatoms. The van der Waals surface area contributed by atoms with E-state index in [1.807, 2.05) is 0 Å². The topological polar surface area (TPSA) is 12.0 Å². The molecule has 0 unspecified atom stereocenters. The van der Waals surface area contributed by atoms with Crippen LogP contribution in [0.15, 0.2) is 30.3 Å². The summed E-state index contributed by atoms with van der Waals surface area (Å²) in [6, 6.07) is 11.4. The van der Waals surface area contributed by atoms with E-state index in [1.165, 1.54) is 18.4 Å². The van der Waals surface area contributed by atoms with Crippen LogP contribution in [0.4, 0.5) is 0 Å². The fraction of sp³-hybridized carbons (Fsp3) is 0.600. The fourth-order valence-corrected chi connectivity index (χ4v) is 1.97. The van der Waals surface area contributed by atoms with Crippen LogP contribution in [0.3, 0.4) is 0 Å². The van der Waals surface area contributed by atoms with Crippen molar-refractivity contribution in [2.75, 3.05) is 6.54 Å². The van der Waals surface area contributed by atoms with E-state index in [0.29, 0.717) is 6.04 Å². The highest BCUT2D eigenvalue weighted by atomic mass is 14.9. The SMILES string of the molecule is CCC(CC)NCC(C)(C)c1ccccc1. The number of nitrogens with one attached hydrogen (secondary N) is 1. The molecule has 0 aliphatic carbocycles. The summed E-state index contributed by atoms with van der Waals surface area (Å²) in [5.41, 5.74) is 1.62. The van der Waals surface area contributed by atoms with Gasteiger partial charge in [-0.3, -0.25) is 0 Å². The standard InChI is InChI=1S/C15H25N/c1-5-14(6-2)16-12-15(3,4)13-10-8-7-9-11-13/h7-11,14,16H,5-6,12H2,1-4H3. The van der Waals surface area contributed by atoms with Crippen molar-refractivity contribution in [3.05, 3.63) is 35.9 Å². The first kappa shape index (κ1) is 13.2. The predicted molar refractivity (Wildman–Crippen MR) is 71.8 cm³/mol. The van der Waals surface area contributed by atoms with Crippen LogP contribution in [0.5, 0.6) is 0 Å². The molecule has 0 aliphatic rings. The maximum Gasteiger partial charge on any atom is 0.00621 e. The molecule has 16 heavy (non-hydrogen) atoms. The van der Waals surface area contributed by atoms with E-state index in [4.69, 9.17) is 0 Å². The Balaban J connectivity index is 2.58. The zero-order chi connectivity index (χ0) is 12.0. The van der Waals surface area contributed by atoms with E-state index >= 15 is 0 Å². The highest BCUT2D eigenvalue weighted by Crippen LogP contribution is 2.22. The van der Waals surface area contributed by atoms with E-state index in [1.54, 1.807) is 0 Å². The number of hydrogen-bond donors (Lipinski definition) is 1. The molecule has 0 aromatic heterocycles. The van der Waals surface area contributed by atoms with Crippen LogP contribution in [0, 0.1) is 0 Å². The van der Waals surface area contributed by atoms with Crippen LogP contribution in [0.2, 0.25) is 0 Å². The van der Waals surface area contributed by atoms with Crippen molar-refractivity contribution < 1.29 is 0 Å². The second-order valence-electron chi connectivity index (χ2n) is 5.14. The van der Waals surface area contributed by atoms with Gasteiger partial charge in [0.05, 0.1) is 0 Å². The molecule has 0 bridgehead atoms. The molecule has 0 amide bonds. The van der Waals surface area contributed by atoms with Gasteiger partial charge in [-0.05, 0) is 18.4 Å². The Hall–Kier alpha value is -0.820. The average Bonchev–Trinajstić information content (AvgIpc) is 2.31. The Bertz CT molecular complexity index is 286. The zero-order valence-electron chi connectivity index (χ0n) is 11.1. The molecule has 1 rings (SSSR count). The van der Waals surface area contributed by atoms with Crippen LogP contribution < -0.4 is 5.32 Å².